The molecule has 0 spiro atoms. The highest BCUT2D eigenvalue weighted by molar-refractivity contribution is 8.15. The zero-order chi connectivity index (χ0) is 19.1. The number of hydrazone groups is 1. The first-order valence-corrected chi connectivity index (χ1v) is 9.40. The van der Waals surface area contributed by atoms with E-state index in [-0.39, 0.29) is 5.78 Å². The van der Waals surface area contributed by atoms with Crippen LogP contribution >= 0.6 is 23.4 Å². The summed E-state index contributed by atoms with van der Waals surface area (Å²) in [5.74, 6) is 1.37. The number of ketones is 1. The van der Waals surface area contributed by atoms with Gasteiger partial charge in [-0.05, 0) is 60.7 Å². The number of Topliss-reactive ketones (excluding diaryl/α,β-unsaturated/α-hetero) is 1. The van der Waals surface area contributed by atoms with Crippen LogP contribution in [0, 0.1) is 0 Å². The molecular weight excluding hydrogens is 380 g/mol. The third kappa shape index (κ3) is 5.88. The summed E-state index contributed by atoms with van der Waals surface area (Å²) in [6, 6.07) is 24.2. The number of thioether (sulfide) groups is 1. The van der Waals surface area contributed by atoms with Gasteiger partial charge in [-0.2, -0.15) is 5.10 Å². The average molecular weight is 397 g/mol. The van der Waals surface area contributed by atoms with Crippen LogP contribution in [0.2, 0.25) is 5.02 Å². The first kappa shape index (κ1) is 19.0. The number of carbonyl (C=O) groups excluding carboxylic acids is 1. The Bertz CT molecular complexity index is 927. The first-order chi connectivity index (χ1) is 13.1. The second kappa shape index (κ2) is 9.26. The molecule has 0 saturated carbocycles. The monoisotopic (exact) mass is 396 g/mol. The van der Waals surface area contributed by atoms with Gasteiger partial charge in [0, 0.05) is 16.8 Å². The quantitative estimate of drug-likeness (QED) is 0.232. The van der Waals surface area contributed by atoms with Gasteiger partial charge in [-0.3, -0.25) is 10.2 Å². The summed E-state index contributed by atoms with van der Waals surface area (Å²) in [4.78, 5) is 12.7. The van der Waals surface area contributed by atoms with Crippen LogP contribution in [0.15, 0.2) is 88.9 Å². The number of anilines is 1. The molecule has 0 atom stereocenters. The fourth-order valence-corrected chi connectivity index (χ4v) is 2.98. The van der Waals surface area contributed by atoms with Gasteiger partial charge in [0.05, 0.1) is 5.69 Å². The van der Waals surface area contributed by atoms with E-state index in [0.717, 1.165) is 22.1 Å². The molecule has 27 heavy (non-hydrogen) atoms. The summed E-state index contributed by atoms with van der Waals surface area (Å²) in [6.07, 6.45) is 0. The maximum absolute atomic E-state index is 11.9. The van der Waals surface area contributed by atoms with E-state index in [9.17, 15) is 4.79 Å². The van der Waals surface area contributed by atoms with Crippen molar-refractivity contribution >= 4 is 39.9 Å². The molecule has 3 aromatic carbocycles. The van der Waals surface area contributed by atoms with E-state index in [4.69, 9.17) is 16.3 Å². The van der Waals surface area contributed by atoms with Crippen molar-refractivity contribution in [3.8, 4) is 11.5 Å². The highest BCUT2D eigenvalue weighted by Gasteiger charge is 2.09. The number of rotatable bonds is 6. The van der Waals surface area contributed by atoms with Gasteiger partial charge in [0.1, 0.15) is 11.5 Å². The lowest BCUT2D eigenvalue weighted by Crippen LogP contribution is -2.08. The van der Waals surface area contributed by atoms with Crippen LogP contribution in [-0.4, -0.2) is 10.8 Å². The van der Waals surface area contributed by atoms with Gasteiger partial charge in [0.2, 0.25) is 0 Å². The van der Waals surface area contributed by atoms with Crippen molar-refractivity contribution in [1.29, 1.82) is 0 Å². The number of nitrogens with one attached hydrogen (secondary N) is 1. The Hall–Kier alpha value is -2.76. The van der Waals surface area contributed by atoms with Crippen molar-refractivity contribution < 1.29 is 9.53 Å². The summed E-state index contributed by atoms with van der Waals surface area (Å²) in [5, 5.41) is 5.24. The number of nitrogens with zero attached hydrogens (tertiary/aromatic N) is 1. The minimum absolute atomic E-state index is 0.119. The minimum atomic E-state index is -0.119. The molecule has 1 N–H and O–H groups in total. The van der Waals surface area contributed by atoms with E-state index in [1.54, 1.807) is 12.1 Å². The average Bonchev–Trinajstić information content (AvgIpc) is 2.68. The van der Waals surface area contributed by atoms with Crippen molar-refractivity contribution in [1.82, 2.24) is 0 Å². The lowest BCUT2D eigenvalue weighted by atomic mass is 10.3. The summed E-state index contributed by atoms with van der Waals surface area (Å²) < 4.78 is 5.75. The van der Waals surface area contributed by atoms with E-state index in [1.165, 1.54) is 18.7 Å². The molecule has 0 unspecified atom stereocenters. The number of hydrogen-bond acceptors (Lipinski definition) is 5. The predicted octanol–water partition coefficient (Wildman–Crippen LogP) is 6.24. The Balaban J connectivity index is 1.65. The molecule has 136 valence electrons. The smallest absolute Gasteiger partial charge is 0.186 e. The molecule has 0 aliphatic heterocycles. The Kier molecular flexibility index (Phi) is 6.52. The minimum Gasteiger partial charge on any atom is -0.457 e. The number of ether oxygens (including phenoxy) is 1. The largest absolute Gasteiger partial charge is 0.457 e. The van der Waals surface area contributed by atoms with Crippen LogP contribution in [-0.2, 0) is 4.79 Å². The standard InChI is InChI=1S/C21H17ClN2O2S/c1-15(25)21(27-20-13-7-16(22)8-14-20)24-23-17-9-11-19(12-10-17)26-18-5-3-2-4-6-18/h2-14,23H,1H3/b24-21+. The Morgan fingerprint density at radius 3 is 2.19 bits per heavy atom. The van der Waals surface area contributed by atoms with E-state index < -0.39 is 0 Å². The Morgan fingerprint density at radius 1 is 0.926 bits per heavy atom. The van der Waals surface area contributed by atoms with E-state index in [0.29, 0.717) is 10.1 Å². The molecular formula is C21H17ClN2O2S. The van der Waals surface area contributed by atoms with E-state index in [1.807, 2.05) is 66.7 Å². The normalized spacial score (nSPS) is 11.1. The third-order valence-corrected chi connectivity index (χ3v) is 4.78. The molecule has 3 rings (SSSR count). The van der Waals surface area contributed by atoms with Crippen LogP contribution in [0.4, 0.5) is 5.69 Å². The van der Waals surface area contributed by atoms with Crippen molar-refractivity contribution in [3.05, 3.63) is 83.9 Å². The highest BCUT2D eigenvalue weighted by atomic mass is 35.5. The van der Waals surface area contributed by atoms with Gasteiger partial charge >= 0.3 is 0 Å². The topological polar surface area (TPSA) is 50.7 Å². The van der Waals surface area contributed by atoms with Crippen molar-refractivity contribution in [2.24, 2.45) is 5.10 Å². The molecule has 0 amide bonds. The lowest BCUT2D eigenvalue weighted by molar-refractivity contribution is -0.110. The maximum Gasteiger partial charge on any atom is 0.186 e. The fraction of sp³-hybridized carbons (Fsp3) is 0.0476. The number of para-hydroxylation sites is 1. The van der Waals surface area contributed by atoms with Gasteiger partial charge in [-0.15, -0.1) is 0 Å². The van der Waals surface area contributed by atoms with Crippen LogP contribution in [0.3, 0.4) is 0 Å². The van der Waals surface area contributed by atoms with E-state index >= 15 is 0 Å². The third-order valence-electron chi connectivity index (χ3n) is 3.45. The maximum atomic E-state index is 11.9. The molecule has 0 aliphatic carbocycles. The van der Waals surface area contributed by atoms with Gasteiger partial charge in [-0.1, -0.05) is 41.6 Å². The second-order valence-corrected chi connectivity index (χ2v) is 7.08. The number of carbonyl (C=O) groups is 1. The number of hydrogen-bond donors (Lipinski definition) is 1. The van der Waals surface area contributed by atoms with Crippen molar-refractivity contribution in [2.45, 2.75) is 11.8 Å². The lowest BCUT2D eigenvalue weighted by Gasteiger charge is -2.07. The molecule has 0 radical (unpaired) electrons. The molecule has 0 saturated heterocycles. The van der Waals surface area contributed by atoms with Crippen LogP contribution in [0.1, 0.15) is 6.92 Å². The highest BCUT2D eigenvalue weighted by Crippen LogP contribution is 2.24. The SMILES string of the molecule is CC(=O)/C(=N\Nc1ccc(Oc2ccccc2)cc1)Sc1ccc(Cl)cc1. The van der Waals surface area contributed by atoms with Gasteiger partial charge in [0.25, 0.3) is 0 Å². The van der Waals surface area contributed by atoms with Crippen LogP contribution in [0.5, 0.6) is 11.5 Å². The zero-order valence-electron chi connectivity index (χ0n) is 14.6. The molecule has 4 nitrogen and oxygen atoms in total. The molecule has 0 bridgehead atoms. The molecule has 3 aromatic rings. The summed E-state index contributed by atoms with van der Waals surface area (Å²) >= 11 is 7.17. The summed E-state index contributed by atoms with van der Waals surface area (Å²) in [6.45, 7) is 1.49. The molecule has 0 heterocycles. The Labute approximate surface area is 167 Å². The summed E-state index contributed by atoms with van der Waals surface area (Å²) in [7, 11) is 0. The zero-order valence-corrected chi connectivity index (χ0v) is 16.1. The molecule has 0 aromatic heterocycles. The van der Waals surface area contributed by atoms with Gasteiger partial charge in [0.15, 0.2) is 10.8 Å². The summed E-state index contributed by atoms with van der Waals surface area (Å²) in [5.41, 5.74) is 3.67. The van der Waals surface area contributed by atoms with Crippen molar-refractivity contribution in [2.75, 3.05) is 5.43 Å². The first-order valence-electron chi connectivity index (χ1n) is 8.21. The second-order valence-electron chi connectivity index (χ2n) is 5.58. The number of benzene rings is 3. The fourth-order valence-electron chi connectivity index (χ4n) is 2.13. The van der Waals surface area contributed by atoms with Gasteiger partial charge < -0.3 is 4.74 Å². The Morgan fingerprint density at radius 2 is 1.56 bits per heavy atom. The molecule has 6 heteroatoms. The van der Waals surface area contributed by atoms with Crippen molar-refractivity contribution in [3.63, 3.8) is 0 Å². The van der Waals surface area contributed by atoms with Gasteiger partial charge in [-0.25, -0.2) is 0 Å². The molecule has 0 aliphatic rings. The molecule has 0 fully saturated rings. The predicted molar refractivity (Wildman–Crippen MR) is 112 cm³/mol. The number of halogens is 1. The van der Waals surface area contributed by atoms with Crippen LogP contribution in [0.25, 0.3) is 0 Å². The van der Waals surface area contributed by atoms with Crippen LogP contribution < -0.4 is 10.2 Å². The van der Waals surface area contributed by atoms with E-state index in [2.05, 4.69) is 10.5 Å².